The molecule has 0 aromatic carbocycles. The standard InChI is InChI=1S/C13H9N5/c1-3-9-10(7-16-12(9)14-4-1)11-8-17-13-15-5-2-6-18(11)13/h1-8H,(H,14,16). The lowest BCUT2D eigenvalue weighted by Crippen LogP contribution is -1.88. The highest BCUT2D eigenvalue weighted by molar-refractivity contribution is 5.92. The quantitative estimate of drug-likeness (QED) is 0.550. The lowest BCUT2D eigenvalue weighted by atomic mass is 10.2. The monoisotopic (exact) mass is 235 g/mol. The Morgan fingerprint density at radius 2 is 2.00 bits per heavy atom. The molecule has 0 unspecified atom stereocenters. The molecule has 0 saturated heterocycles. The first-order valence-electron chi connectivity index (χ1n) is 5.64. The second-order valence-corrected chi connectivity index (χ2v) is 4.04. The minimum absolute atomic E-state index is 0.700. The molecular formula is C13H9N5. The molecular weight excluding hydrogens is 226 g/mol. The van der Waals surface area contributed by atoms with Crippen molar-refractivity contribution in [2.75, 3.05) is 0 Å². The molecule has 18 heavy (non-hydrogen) atoms. The van der Waals surface area contributed by atoms with Gasteiger partial charge in [-0.15, -0.1) is 0 Å². The van der Waals surface area contributed by atoms with Gasteiger partial charge in [-0.25, -0.2) is 15.0 Å². The lowest BCUT2D eigenvalue weighted by molar-refractivity contribution is 1.11. The van der Waals surface area contributed by atoms with E-state index in [2.05, 4.69) is 19.9 Å². The summed E-state index contributed by atoms with van der Waals surface area (Å²) in [5.74, 6) is 0.700. The Bertz CT molecular complexity index is 770. The highest BCUT2D eigenvalue weighted by atomic mass is 15.1. The third-order valence-corrected chi connectivity index (χ3v) is 3.02. The van der Waals surface area contributed by atoms with E-state index in [1.54, 1.807) is 12.4 Å². The number of rotatable bonds is 1. The third kappa shape index (κ3) is 1.18. The Hall–Kier alpha value is -2.69. The summed E-state index contributed by atoms with van der Waals surface area (Å²) in [5.41, 5.74) is 2.97. The van der Waals surface area contributed by atoms with E-state index in [9.17, 15) is 0 Å². The van der Waals surface area contributed by atoms with Crippen LogP contribution in [0.3, 0.4) is 0 Å². The van der Waals surface area contributed by atoms with Gasteiger partial charge in [0.1, 0.15) is 5.65 Å². The van der Waals surface area contributed by atoms with Crippen molar-refractivity contribution in [2.45, 2.75) is 0 Å². The van der Waals surface area contributed by atoms with Gasteiger partial charge in [0.25, 0.3) is 0 Å². The Balaban J connectivity index is 2.08. The van der Waals surface area contributed by atoms with E-state index in [-0.39, 0.29) is 0 Å². The predicted molar refractivity (Wildman–Crippen MR) is 68.1 cm³/mol. The molecule has 0 saturated carbocycles. The van der Waals surface area contributed by atoms with Crippen molar-refractivity contribution in [1.82, 2.24) is 24.3 Å². The number of hydrogen-bond donors (Lipinski definition) is 1. The van der Waals surface area contributed by atoms with Crippen LogP contribution in [0.5, 0.6) is 0 Å². The highest BCUT2D eigenvalue weighted by Crippen LogP contribution is 2.27. The first-order chi connectivity index (χ1) is 8.93. The summed E-state index contributed by atoms with van der Waals surface area (Å²) in [7, 11) is 0. The van der Waals surface area contributed by atoms with Crippen molar-refractivity contribution in [3.63, 3.8) is 0 Å². The van der Waals surface area contributed by atoms with Crippen LogP contribution in [0, 0.1) is 0 Å². The molecule has 0 atom stereocenters. The normalized spacial score (nSPS) is 11.3. The van der Waals surface area contributed by atoms with Crippen LogP contribution in [0.2, 0.25) is 0 Å². The number of imidazole rings is 1. The van der Waals surface area contributed by atoms with Crippen LogP contribution < -0.4 is 0 Å². The summed E-state index contributed by atoms with van der Waals surface area (Å²) in [5, 5.41) is 1.09. The summed E-state index contributed by atoms with van der Waals surface area (Å²) in [6.45, 7) is 0. The Labute approximate surface area is 102 Å². The van der Waals surface area contributed by atoms with Gasteiger partial charge in [0.05, 0.1) is 11.9 Å². The smallest absolute Gasteiger partial charge is 0.234 e. The Morgan fingerprint density at radius 3 is 3.00 bits per heavy atom. The maximum atomic E-state index is 4.30. The number of nitrogens with zero attached hydrogens (tertiary/aromatic N) is 4. The molecule has 0 fully saturated rings. The Kier molecular flexibility index (Phi) is 1.77. The highest BCUT2D eigenvalue weighted by Gasteiger charge is 2.11. The molecule has 4 aromatic heterocycles. The summed E-state index contributed by atoms with van der Waals surface area (Å²) in [4.78, 5) is 16.0. The van der Waals surface area contributed by atoms with Crippen molar-refractivity contribution >= 4 is 16.8 Å². The molecule has 0 aliphatic heterocycles. The van der Waals surface area contributed by atoms with Crippen LogP contribution in [-0.2, 0) is 0 Å². The zero-order chi connectivity index (χ0) is 11.9. The first kappa shape index (κ1) is 9.35. The minimum Gasteiger partial charge on any atom is -0.345 e. The van der Waals surface area contributed by atoms with Crippen molar-refractivity contribution in [3.8, 4) is 11.3 Å². The fraction of sp³-hybridized carbons (Fsp3) is 0. The average Bonchev–Trinajstić information content (AvgIpc) is 3.01. The number of pyridine rings is 1. The van der Waals surface area contributed by atoms with Gasteiger partial charge >= 0.3 is 0 Å². The third-order valence-electron chi connectivity index (χ3n) is 3.02. The fourth-order valence-corrected chi connectivity index (χ4v) is 2.19. The van der Waals surface area contributed by atoms with Gasteiger partial charge < -0.3 is 4.98 Å². The van der Waals surface area contributed by atoms with Gasteiger partial charge in [-0.2, -0.15) is 0 Å². The van der Waals surface area contributed by atoms with Gasteiger partial charge in [-0.05, 0) is 18.2 Å². The Morgan fingerprint density at radius 1 is 1.06 bits per heavy atom. The van der Waals surface area contributed by atoms with Crippen LogP contribution in [0.15, 0.2) is 49.2 Å². The first-order valence-corrected chi connectivity index (χ1v) is 5.64. The zero-order valence-corrected chi connectivity index (χ0v) is 9.41. The topological polar surface area (TPSA) is 58.9 Å². The van der Waals surface area contributed by atoms with Crippen LogP contribution in [0.1, 0.15) is 0 Å². The van der Waals surface area contributed by atoms with Gasteiger partial charge in [0.15, 0.2) is 0 Å². The molecule has 4 aromatic rings. The second kappa shape index (κ2) is 3.40. The number of aromatic nitrogens is 5. The van der Waals surface area contributed by atoms with Crippen LogP contribution in [0.25, 0.3) is 28.1 Å². The van der Waals surface area contributed by atoms with Gasteiger partial charge in [-0.1, -0.05) is 0 Å². The minimum atomic E-state index is 0.700. The summed E-state index contributed by atoms with van der Waals surface area (Å²) < 4.78 is 1.97. The number of nitrogens with one attached hydrogen (secondary N) is 1. The molecule has 4 heterocycles. The van der Waals surface area contributed by atoms with Crippen molar-refractivity contribution < 1.29 is 0 Å². The molecule has 0 spiro atoms. The molecule has 5 nitrogen and oxygen atoms in total. The summed E-state index contributed by atoms with van der Waals surface area (Å²) in [6.07, 6.45) is 9.26. The van der Waals surface area contributed by atoms with Crippen LogP contribution in [-0.4, -0.2) is 24.3 Å². The average molecular weight is 235 g/mol. The second-order valence-electron chi connectivity index (χ2n) is 4.04. The van der Waals surface area contributed by atoms with E-state index in [4.69, 9.17) is 0 Å². The molecule has 0 aliphatic rings. The number of fused-ring (bicyclic) bond motifs is 2. The van der Waals surface area contributed by atoms with E-state index in [1.807, 2.05) is 41.2 Å². The lowest BCUT2D eigenvalue weighted by Gasteiger charge is -1.98. The van der Waals surface area contributed by atoms with Gasteiger partial charge in [0.2, 0.25) is 5.78 Å². The van der Waals surface area contributed by atoms with Crippen molar-refractivity contribution in [3.05, 3.63) is 49.2 Å². The summed E-state index contributed by atoms with van der Waals surface area (Å²) in [6, 6.07) is 5.87. The van der Waals surface area contributed by atoms with Gasteiger partial charge in [-0.3, -0.25) is 4.40 Å². The predicted octanol–water partition coefficient (Wildman–Crippen LogP) is 2.27. The molecule has 0 radical (unpaired) electrons. The van der Waals surface area contributed by atoms with Crippen molar-refractivity contribution in [1.29, 1.82) is 0 Å². The molecule has 0 bridgehead atoms. The molecule has 0 aliphatic carbocycles. The molecule has 5 heteroatoms. The van der Waals surface area contributed by atoms with Crippen LogP contribution >= 0.6 is 0 Å². The maximum Gasteiger partial charge on any atom is 0.234 e. The van der Waals surface area contributed by atoms with Crippen molar-refractivity contribution in [2.24, 2.45) is 0 Å². The molecule has 1 N–H and O–H groups in total. The van der Waals surface area contributed by atoms with E-state index in [0.717, 1.165) is 22.3 Å². The fourth-order valence-electron chi connectivity index (χ4n) is 2.19. The maximum absolute atomic E-state index is 4.30. The van der Waals surface area contributed by atoms with E-state index < -0.39 is 0 Å². The van der Waals surface area contributed by atoms with E-state index >= 15 is 0 Å². The largest absolute Gasteiger partial charge is 0.345 e. The van der Waals surface area contributed by atoms with E-state index in [0.29, 0.717) is 5.78 Å². The molecule has 86 valence electrons. The molecule has 4 rings (SSSR count). The summed E-state index contributed by atoms with van der Waals surface area (Å²) >= 11 is 0. The number of H-pyrrole nitrogens is 1. The molecule has 0 amide bonds. The van der Waals surface area contributed by atoms with Crippen LogP contribution in [0.4, 0.5) is 0 Å². The number of aromatic amines is 1. The van der Waals surface area contributed by atoms with E-state index in [1.165, 1.54) is 0 Å². The number of hydrogen-bond acceptors (Lipinski definition) is 3. The van der Waals surface area contributed by atoms with Gasteiger partial charge in [0, 0.05) is 35.7 Å². The zero-order valence-electron chi connectivity index (χ0n) is 9.41. The SMILES string of the molecule is c1cnc2[nH]cc(-c3cnc4ncccn34)c2c1.